The van der Waals surface area contributed by atoms with Gasteiger partial charge in [0.25, 0.3) is 0 Å². The predicted octanol–water partition coefficient (Wildman–Crippen LogP) is 4.16. The Balaban J connectivity index is 2.28. The summed E-state index contributed by atoms with van der Waals surface area (Å²) in [7, 11) is 0. The van der Waals surface area contributed by atoms with E-state index in [9.17, 15) is 0 Å². The summed E-state index contributed by atoms with van der Waals surface area (Å²) >= 11 is 9.33. The fourth-order valence-corrected chi connectivity index (χ4v) is 1.93. The fraction of sp³-hybridized carbons (Fsp3) is 0. The van der Waals surface area contributed by atoms with Crippen LogP contribution in [-0.2, 0) is 0 Å². The number of nitrogens with zero attached hydrogens (tertiary/aromatic N) is 2. The number of ether oxygens (including phenoxy) is 1. The highest BCUT2D eigenvalue weighted by Crippen LogP contribution is 2.31. The zero-order valence-corrected chi connectivity index (χ0v) is 10.9. The van der Waals surface area contributed by atoms with E-state index in [1.165, 1.54) is 6.20 Å². The highest BCUT2D eigenvalue weighted by atomic mass is 79.9. The Bertz CT molecular complexity index is 595. The molecule has 0 radical (unpaired) electrons. The van der Waals surface area contributed by atoms with E-state index in [0.717, 1.165) is 4.47 Å². The van der Waals surface area contributed by atoms with Gasteiger partial charge >= 0.3 is 0 Å². The predicted molar refractivity (Wildman–Crippen MR) is 68.2 cm³/mol. The van der Waals surface area contributed by atoms with Crippen molar-refractivity contribution in [1.82, 2.24) is 4.98 Å². The Morgan fingerprint density at radius 2 is 2.12 bits per heavy atom. The third-order valence-electron chi connectivity index (χ3n) is 1.97. The summed E-state index contributed by atoms with van der Waals surface area (Å²) in [4.78, 5) is 3.85. The zero-order valence-electron chi connectivity index (χ0n) is 8.52. The first kappa shape index (κ1) is 11.9. The normalized spacial score (nSPS) is 9.71. The van der Waals surface area contributed by atoms with Gasteiger partial charge in [0.2, 0.25) is 0 Å². The molecule has 0 aliphatic rings. The molecule has 84 valence electrons. The molecule has 0 saturated carbocycles. The summed E-state index contributed by atoms with van der Waals surface area (Å²) in [6.45, 7) is 0. The maximum Gasteiger partial charge on any atom is 0.146 e. The Morgan fingerprint density at radius 3 is 2.82 bits per heavy atom. The Labute approximate surface area is 112 Å². The largest absolute Gasteiger partial charge is 0.456 e. The van der Waals surface area contributed by atoms with E-state index in [0.29, 0.717) is 22.2 Å². The number of halogens is 2. The number of pyridine rings is 1. The topological polar surface area (TPSA) is 45.9 Å². The van der Waals surface area contributed by atoms with Crippen molar-refractivity contribution in [2.45, 2.75) is 0 Å². The van der Waals surface area contributed by atoms with Gasteiger partial charge in [0.1, 0.15) is 23.3 Å². The molecule has 0 fully saturated rings. The summed E-state index contributed by atoms with van der Waals surface area (Å²) in [5.41, 5.74) is 0.302. The average Bonchev–Trinajstić information content (AvgIpc) is 2.33. The molecule has 0 aliphatic heterocycles. The number of benzene rings is 1. The van der Waals surface area contributed by atoms with Crippen LogP contribution in [0.15, 0.2) is 41.0 Å². The Hall–Kier alpha value is -1.57. The summed E-state index contributed by atoms with van der Waals surface area (Å²) in [6.07, 6.45) is 1.51. The molecule has 2 rings (SSSR count). The molecule has 0 unspecified atom stereocenters. The fourth-order valence-electron chi connectivity index (χ4n) is 1.22. The molecule has 0 aliphatic carbocycles. The van der Waals surface area contributed by atoms with E-state index in [2.05, 4.69) is 20.9 Å². The maximum absolute atomic E-state index is 8.72. The third kappa shape index (κ3) is 2.96. The van der Waals surface area contributed by atoms with E-state index < -0.39 is 0 Å². The molecule has 0 bridgehead atoms. The second kappa shape index (κ2) is 5.17. The molecule has 0 N–H and O–H groups in total. The average molecular weight is 310 g/mol. The SMILES string of the molecule is N#Cc1cc(Oc2ccc(Br)cc2Cl)ccn1. The van der Waals surface area contributed by atoms with Crippen LogP contribution >= 0.6 is 27.5 Å². The minimum Gasteiger partial charge on any atom is -0.456 e. The van der Waals surface area contributed by atoms with Crippen LogP contribution in [-0.4, -0.2) is 4.98 Å². The number of hydrogen-bond donors (Lipinski definition) is 0. The summed E-state index contributed by atoms with van der Waals surface area (Å²) in [5.74, 6) is 1.06. The molecule has 0 saturated heterocycles. The Kier molecular flexibility index (Phi) is 3.62. The van der Waals surface area contributed by atoms with Crippen LogP contribution in [0.3, 0.4) is 0 Å². The second-order valence-corrected chi connectivity index (χ2v) is 4.49. The van der Waals surface area contributed by atoms with E-state index in [4.69, 9.17) is 21.6 Å². The zero-order chi connectivity index (χ0) is 12.3. The number of aromatic nitrogens is 1. The molecule has 1 heterocycles. The van der Waals surface area contributed by atoms with Crippen molar-refractivity contribution in [2.75, 3.05) is 0 Å². The smallest absolute Gasteiger partial charge is 0.146 e. The molecule has 0 spiro atoms. The van der Waals surface area contributed by atoms with Gasteiger partial charge in [-0.1, -0.05) is 27.5 Å². The molecular weight excluding hydrogens is 304 g/mol. The lowest BCUT2D eigenvalue weighted by molar-refractivity contribution is 0.482. The van der Waals surface area contributed by atoms with Crippen molar-refractivity contribution in [3.63, 3.8) is 0 Å². The molecule has 17 heavy (non-hydrogen) atoms. The summed E-state index contributed by atoms with van der Waals surface area (Å²) in [5, 5.41) is 9.21. The molecular formula is C12H6BrClN2O. The van der Waals surface area contributed by atoms with E-state index >= 15 is 0 Å². The lowest BCUT2D eigenvalue weighted by atomic mass is 10.3. The molecule has 2 aromatic rings. The Morgan fingerprint density at radius 1 is 1.29 bits per heavy atom. The van der Waals surface area contributed by atoms with E-state index in [1.807, 2.05) is 12.1 Å². The maximum atomic E-state index is 8.72. The van der Waals surface area contributed by atoms with Crippen molar-refractivity contribution >= 4 is 27.5 Å². The molecule has 1 aromatic carbocycles. The molecule has 0 atom stereocenters. The van der Waals surface area contributed by atoms with Crippen molar-refractivity contribution < 1.29 is 4.74 Å². The van der Waals surface area contributed by atoms with Gasteiger partial charge in [-0.05, 0) is 24.3 Å². The molecule has 5 heteroatoms. The standard InChI is InChI=1S/C12H6BrClN2O/c13-8-1-2-12(11(14)5-8)17-10-3-4-16-9(6-10)7-15/h1-6H. The lowest BCUT2D eigenvalue weighted by Gasteiger charge is -2.07. The number of nitriles is 1. The highest BCUT2D eigenvalue weighted by Gasteiger charge is 2.04. The van der Waals surface area contributed by atoms with Gasteiger partial charge in [0, 0.05) is 16.7 Å². The monoisotopic (exact) mass is 308 g/mol. The molecule has 1 aromatic heterocycles. The van der Waals surface area contributed by atoms with E-state index in [1.54, 1.807) is 24.3 Å². The van der Waals surface area contributed by atoms with Crippen LogP contribution in [0.25, 0.3) is 0 Å². The van der Waals surface area contributed by atoms with Crippen LogP contribution in [0, 0.1) is 11.3 Å². The number of hydrogen-bond acceptors (Lipinski definition) is 3. The van der Waals surface area contributed by atoms with Crippen LogP contribution in [0.2, 0.25) is 5.02 Å². The van der Waals surface area contributed by atoms with Gasteiger partial charge in [0.05, 0.1) is 5.02 Å². The van der Waals surface area contributed by atoms with Gasteiger partial charge in [-0.2, -0.15) is 5.26 Å². The van der Waals surface area contributed by atoms with Crippen LogP contribution < -0.4 is 4.74 Å². The first-order chi connectivity index (χ1) is 8.19. The van der Waals surface area contributed by atoms with Gasteiger partial charge in [-0.15, -0.1) is 0 Å². The quantitative estimate of drug-likeness (QED) is 0.836. The van der Waals surface area contributed by atoms with Crippen LogP contribution in [0.4, 0.5) is 0 Å². The molecule has 3 nitrogen and oxygen atoms in total. The van der Waals surface area contributed by atoms with Gasteiger partial charge in [0.15, 0.2) is 0 Å². The van der Waals surface area contributed by atoms with E-state index in [-0.39, 0.29) is 0 Å². The summed E-state index contributed by atoms with van der Waals surface area (Å²) < 4.78 is 6.44. The molecule has 0 amide bonds. The summed E-state index contributed by atoms with van der Waals surface area (Å²) in [6, 6.07) is 10.5. The van der Waals surface area contributed by atoms with Gasteiger partial charge < -0.3 is 4.74 Å². The van der Waals surface area contributed by atoms with Crippen LogP contribution in [0.5, 0.6) is 11.5 Å². The highest BCUT2D eigenvalue weighted by molar-refractivity contribution is 9.10. The second-order valence-electron chi connectivity index (χ2n) is 3.17. The number of rotatable bonds is 2. The minimum atomic E-state index is 0.302. The van der Waals surface area contributed by atoms with Gasteiger partial charge in [-0.3, -0.25) is 0 Å². The first-order valence-corrected chi connectivity index (χ1v) is 5.85. The first-order valence-electron chi connectivity index (χ1n) is 4.68. The third-order valence-corrected chi connectivity index (χ3v) is 2.76. The van der Waals surface area contributed by atoms with Crippen molar-refractivity contribution in [2.24, 2.45) is 0 Å². The van der Waals surface area contributed by atoms with Crippen molar-refractivity contribution in [3.8, 4) is 17.6 Å². The van der Waals surface area contributed by atoms with Crippen LogP contribution in [0.1, 0.15) is 5.69 Å². The lowest BCUT2D eigenvalue weighted by Crippen LogP contribution is -1.88. The van der Waals surface area contributed by atoms with Crippen molar-refractivity contribution in [3.05, 3.63) is 51.7 Å². The van der Waals surface area contributed by atoms with Gasteiger partial charge in [-0.25, -0.2) is 4.98 Å². The van der Waals surface area contributed by atoms with Crippen molar-refractivity contribution in [1.29, 1.82) is 5.26 Å². The minimum absolute atomic E-state index is 0.302.